The van der Waals surface area contributed by atoms with Gasteiger partial charge in [0.25, 0.3) is 5.91 Å². The zero-order valence-corrected chi connectivity index (χ0v) is 10.6. The van der Waals surface area contributed by atoms with E-state index in [1.54, 1.807) is 12.1 Å². The summed E-state index contributed by atoms with van der Waals surface area (Å²) in [5, 5.41) is 2.73. The molecular formula is C12H13ClN2O3. The zero-order valence-electron chi connectivity index (χ0n) is 9.85. The molecule has 0 bridgehead atoms. The number of carbonyl (C=O) groups excluding carboxylic acids is 2. The molecule has 5 nitrogen and oxygen atoms in total. The molecule has 2 rings (SSSR count). The van der Waals surface area contributed by atoms with Crippen LogP contribution in [0.4, 0.5) is 5.69 Å². The molecule has 1 heterocycles. The fourth-order valence-electron chi connectivity index (χ4n) is 1.56. The Hall–Kier alpha value is -1.62. The van der Waals surface area contributed by atoms with Gasteiger partial charge < -0.3 is 10.1 Å². The van der Waals surface area contributed by atoms with Crippen molar-refractivity contribution in [1.82, 2.24) is 4.98 Å². The Morgan fingerprint density at radius 3 is 2.94 bits per heavy atom. The number of nitrogens with zero attached hydrogens (tertiary/aromatic N) is 1. The second-order valence-electron chi connectivity index (χ2n) is 4.32. The van der Waals surface area contributed by atoms with Gasteiger partial charge in [0.1, 0.15) is 0 Å². The summed E-state index contributed by atoms with van der Waals surface area (Å²) in [5.41, 5.74) is 0.403. The molecule has 1 aliphatic carbocycles. The molecular weight excluding hydrogens is 256 g/mol. The molecule has 0 spiro atoms. The Bertz CT molecular complexity index is 478. The van der Waals surface area contributed by atoms with E-state index in [1.165, 1.54) is 6.20 Å². The van der Waals surface area contributed by atoms with Crippen molar-refractivity contribution in [2.75, 3.05) is 11.9 Å². The number of rotatable bonds is 4. The van der Waals surface area contributed by atoms with Gasteiger partial charge in [0.2, 0.25) is 0 Å². The van der Waals surface area contributed by atoms with Crippen molar-refractivity contribution in [2.24, 2.45) is 11.8 Å². The quantitative estimate of drug-likeness (QED) is 0.669. The number of esters is 1. The van der Waals surface area contributed by atoms with Gasteiger partial charge >= 0.3 is 5.97 Å². The lowest BCUT2D eigenvalue weighted by Gasteiger charge is -2.06. The molecule has 18 heavy (non-hydrogen) atoms. The van der Waals surface area contributed by atoms with Crippen LogP contribution < -0.4 is 5.32 Å². The van der Waals surface area contributed by atoms with E-state index >= 15 is 0 Å². The number of pyridine rings is 1. The van der Waals surface area contributed by atoms with Crippen LogP contribution in [0.25, 0.3) is 0 Å². The molecule has 2 atom stereocenters. The molecule has 0 saturated heterocycles. The summed E-state index contributed by atoms with van der Waals surface area (Å²) in [4.78, 5) is 26.7. The number of hydrogen-bond acceptors (Lipinski definition) is 4. The molecule has 6 heteroatoms. The van der Waals surface area contributed by atoms with Gasteiger partial charge in [-0.1, -0.05) is 18.5 Å². The van der Waals surface area contributed by atoms with Crippen molar-refractivity contribution >= 4 is 29.2 Å². The van der Waals surface area contributed by atoms with Crippen LogP contribution >= 0.6 is 11.6 Å². The molecule has 1 fully saturated rings. The van der Waals surface area contributed by atoms with Crippen molar-refractivity contribution in [3.8, 4) is 0 Å². The van der Waals surface area contributed by atoms with Crippen molar-refractivity contribution in [3.63, 3.8) is 0 Å². The summed E-state index contributed by atoms with van der Waals surface area (Å²) in [7, 11) is 0. The van der Waals surface area contributed by atoms with Crippen molar-refractivity contribution in [1.29, 1.82) is 0 Å². The van der Waals surface area contributed by atoms with Gasteiger partial charge in [-0.15, -0.1) is 0 Å². The van der Waals surface area contributed by atoms with E-state index in [4.69, 9.17) is 16.3 Å². The highest BCUT2D eigenvalue weighted by atomic mass is 35.5. The number of carbonyl (C=O) groups is 2. The normalized spacial score (nSPS) is 21.2. The molecule has 1 amide bonds. The minimum absolute atomic E-state index is 0.0419. The van der Waals surface area contributed by atoms with Crippen LogP contribution in [0.15, 0.2) is 18.3 Å². The predicted octanol–water partition coefficient (Wildman–Crippen LogP) is 1.87. The molecule has 1 aromatic heterocycles. The average Bonchev–Trinajstić information content (AvgIpc) is 3.06. The van der Waals surface area contributed by atoms with Crippen molar-refractivity contribution < 1.29 is 14.3 Å². The van der Waals surface area contributed by atoms with Crippen LogP contribution in [0.2, 0.25) is 5.15 Å². The Morgan fingerprint density at radius 1 is 1.61 bits per heavy atom. The number of hydrogen-bond donors (Lipinski definition) is 1. The van der Waals surface area contributed by atoms with Crippen LogP contribution in [0.5, 0.6) is 0 Å². The summed E-state index contributed by atoms with van der Waals surface area (Å²) in [6.45, 7) is 1.68. The molecule has 1 aliphatic rings. The highest BCUT2D eigenvalue weighted by molar-refractivity contribution is 6.32. The molecule has 1 N–H and O–H groups in total. The number of anilines is 1. The van der Waals surface area contributed by atoms with Crippen LogP contribution in [0.3, 0.4) is 0 Å². The van der Waals surface area contributed by atoms with Gasteiger partial charge in [-0.2, -0.15) is 0 Å². The van der Waals surface area contributed by atoms with Gasteiger partial charge in [-0.25, -0.2) is 4.98 Å². The first kappa shape index (κ1) is 12.8. The SMILES string of the molecule is C[C@H]1C[C@H]1C(=O)OCC(=O)Nc1cccnc1Cl. The second-order valence-corrected chi connectivity index (χ2v) is 4.68. The molecule has 0 unspecified atom stereocenters. The summed E-state index contributed by atoms with van der Waals surface area (Å²) in [6.07, 6.45) is 2.36. The van der Waals surface area contributed by atoms with E-state index in [9.17, 15) is 9.59 Å². The van der Waals surface area contributed by atoms with Gasteiger partial charge in [-0.05, 0) is 24.5 Å². The van der Waals surface area contributed by atoms with Gasteiger partial charge in [0, 0.05) is 6.20 Å². The van der Waals surface area contributed by atoms with Crippen LogP contribution in [0.1, 0.15) is 13.3 Å². The van der Waals surface area contributed by atoms with Gasteiger partial charge in [0.05, 0.1) is 11.6 Å². The van der Waals surface area contributed by atoms with E-state index < -0.39 is 5.91 Å². The second kappa shape index (κ2) is 5.35. The largest absolute Gasteiger partial charge is 0.455 e. The van der Waals surface area contributed by atoms with Crippen LogP contribution in [0, 0.1) is 11.8 Å². The lowest BCUT2D eigenvalue weighted by Crippen LogP contribution is -2.22. The molecule has 96 valence electrons. The summed E-state index contributed by atoms with van der Waals surface area (Å²) >= 11 is 5.78. The molecule has 0 aromatic carbocycles. The van der Waals surface area contributed by atoms with E-state index in [0.717, 1.165) is 6.42 Å². The molecule has 0 aliphatic heterocycles. The number of halogens is 1. The molecule has 0 radical (unpaired) electrons. The first-order valence-electron chi connectivity index (χ1n) is 5.65. The Morgan fingerprint density at radius 2 is 2.33 bits per heavy atom. The van der Waals surface area contributed by atoms with Crippen molar-refractivity contribution in [3.05, 3.63) is 23.5 Å². The topological polar surface area (TPSA) is 68.3 Å². The van der Waals surface area contributed by atoms with Crippen LogP contribution in [-0.4, -0.2) is 23.5 Å². The maximum absolute atomic E-state index is 11.5. The first-order chi connectivity index (χ1) is 8.58. The highest BCUT2D eigenvalue weighted by Gasteiger charge is 2.40. The van der Waals surface area contributed by atoms with Gasteiger partial charge in [0.15, 0.2) is 11.8 Å². The van der Waals surface area contributed by atoms with Crippen LogP contribution in [-0.2, 0) is 14.3 Å². The summed E-state index contributed by atoms with van der Waals surface area (Å²) < 4.78 is 4.90. The number of ether oxygens (including phenoxy) is 1. The number of nitrogens with one attached hydrogen (secondary N) is 1. The lowest BCUT2D eigenvalue weighted by atomic mass is 10.3. The van der Waals surface area contributed by atoms with Gasteiger partial charge in [-0.3, -0.25) is 9.59 Å². The number of amides is 1. The maximum Gasteiger partial charge on any atom is 0.309 e. The summed E-state index contributed by atoms with van der Waals surface area (Å²) in [5.74, 6) is -0.408. The molecule has 1 saturated carbocycles. The smallest absolute Gasteiger partial charge is 0.309 e. The summed E-state index contributed by atoms with van der Waals surface area (Å²) in [6, 6.07) is 3.28. The van der Waals surface area contributed by atoms with E-state index in [0.29, 0.717) is 11.6 Å². The van der Waals surface area contributed by atoms with E-state index in [1.807, 2.05) is 6.92 Å². The van der Waals surface area contributed by atoms with E-state index in [-0.39, 0.29) is 23.6 Å². The minimum Gasteiger partial charge on any atom is -0.455 e. The third-order valence-electron chi connectivity index (χ3n) is 2.79. The third kappa shape index (κ3) is 3.20. The Balaban J connectivity index is 1.79. The fraction of sp³-hybridized carbons (Fsp3) is 0.417. The van der Waals surface area contributed by atoms with E-state index in [2.05, 4.69) is 10.3 Å². The Labute approximate surface area is 109 Å². The zero-order chi connectivity index (χ0) is 13.1. The lowest BCUT2D eigenvalue weighted by molar-refractivity contribution is -0.148. The fourth-order valence-corrected chi connectivity index (χ4v) is 1.73. The number of aromatic nitrogens is 1. The average molecular weight is 269 g/mol. The highest BCUT2D eigenvalue weighted by Crippen LogP contribution is 2.38. The predicted molar refractivity (Wildman–Crippen MR) is 66.1 cm³/mol. The van der Waals surface area contributed by atoms with Crippen molar-refractivity contribution in [2.45, 2.75) is 13.3 Å². The minimum atomic E-state index is -0.424. The molecule has 1 aromatic rings. The Kier molecular flexibility index (Phi) is 3.81. The third-order valence-corrected chi connectivity index (χ3v) is 3.09. The monoisotopic (exact) mass is 268 g/mol. The standard InChI is InChI=1S/C12H13ClN2O3/c1-7-5-8(7)12(17)18-6-10(16)15-9-3-2-4-14-11(9)13/h2-4,7-8H,5-6H2,1H3,(H,15,16)/t7-,8+/m0/s1. The first-order valence-corrected chi connectivity index (χ1v) is 6.02. The maximum atomic E-state index is 11.5.